The Morgan fingerprint density at radius 2 is 1.95 bits per heavy atom. The van der Waals surface area contributed by atoms with E-state index in [-0.39, 0.29) is 12.5 Å². The first-order valence-electron chi connectivity index (χ1n) is 7.27. The third-order valence-corrected chi connectivity index (χ3v) is 3.91. The number of hydrogen-bond acceptors (Lipinski definition) is 5. The quantitative estimate of drug-likeness (QED) is 0.886. The zero-order valence-electron chi connectivity index (χ0n) is 13.3. The number of hydrogen-bond donors (Lipinski definition) is 1. The fourth-order valence-electron chi connectivity index (χ4n) is 2.06. The number of para-hydroxylation sites is 1. The van der Waals surface area contributed by atoms with Gasteiger partial charge in [-0.15, -0.1) is 10.2 Å². The normalized spacial score (nSPS) is 10.8. The van der Waals surface area contributed by atoms with Crippen LogP contribution in [0.4, 0.5) is 5.13 Å². The average molecular weight is 319 g/mol. The minimum atomic E-state index is -0.227. The molecule has 0 saturated heterocycles. The number of anilines is 1. The molecule has 0 bridgehead atoms. The van der Waals surface area contributed by atoms with Gasteiger partial charge in [-0.1, -0.05) is 43.4 Å². The number of amides is 1. The predicted octanol–water partition coefficient (Wildman–Crippen LogP) is 3.37. The molecule has 0 unspecified atom stereocenters. The molecular formula is C16H21N3O2S. The lowest BCUT2D eigenvalue weighted by molar-refractivity contribution is -0.118. The van der Waals surface area contributed by atoms with E-state index < -0.39 is 0 Å². The van der Waals surface area contributed by atoms with Gasteiger partial charge in [0, 0.05) is 6.42 Å². The van der Waals surface area contributed by atoms with Crippen molar-refractivity contribution in [3.8, 4) is 5.75 Å². The molecule has 0 atom stereocenters. The van der Waals surface area contributed by atoms with Crippen LogP contribution in [0, 0.1) is 19.8 Å². The third kappa shape index (κ3) is 4.53. The number of benzene rings is 1. The second kappa shape index (κ2) is 7.35. The fraction of sp³-hybridized carbons (Fsp3) is 0.438. The molecule has 0 saturated carbocycles. The Balaban J connectivity index is 1.89. The van der Waals surface area contributed by atoms with Crippen LogP contribution in [-0.4, -0.2) is 22.7 Å². The number of carbonyl (C=O) groups is 1. The van der Waals surface area contributed by atoms with Crippen molar-refractivity contribution in [3.05, 3.63) is 34.3 Å². The SMILES string of the molecule is Cc1cccc(C)c1OCC(=O)Nc1nnc(CC(C)C)s1. The van der Waals surface area contributed by atoms with Crippen LogP contribution >= 0.6 is 11.3 Å². The number of rotatable bonds is 6. The van der Waals surface area contributed by atoms with Crippen LogP contribution in [0.2, 0.25) is 0 Å². The van der Waals surface area contributed by atoms with Gasteiger partial charge in [0.25, 0.3) is 5.91 Å². The molecule has 0 radical (unpaired) electrons. The molecule has 0 aliphatic rings. The molecule has 22 heavy (non-hydrogen) atoms. The minimum Gasteiger partial charge on any atom is -0.483 e. The Morgan fingerprint density at radius 3 is 2.59 bits per heavy atom. The van der Waals surface area contributed by atoms with Crippen molar-refractivity contribution in [3.63, 3.8) is 0 Å². The summed E-state index contributed by atoms with van der Waals surface area (Å²) in [5.41, 5.74) is 2.03. The summed E-state index contributed by atoms with van der Waals surface area (Å²) in [6.45, 7) is 8.13. The van der Waals surface area contributed by atoms with Crippen molar-refractivity contribution in [2.45, 2.75) is 34.1 Å². The Bertz CT molecular complexity index is 632. The van der Waals surface area contributed by atoms with Crippen LogP contribution in [0.1, 0.15) is 30.0 Å². The van der Waals surface area contributed by atoms with E-state index in [1.165, 1.54) is 11.3 Å². The van der Waals surface area contributed by atoms with Gasteiger partial charge in [0.05, 0.1) is 0 Å². The van der Waals surface area contributed by atoms with Gasteiger partial charge in [0.2, 0.25) is 5.13 Å². The zero-order chi connectivity index (χ0) is 16.1. The molecule has 2 rings (SSSR count). The summed E-state index contributed by atoms with van der Waals surface area (Å²) in [5.74, 6) is 1.05. The molecule has 1 aromatic carbocycles. The van der Waals surface area contributed by atoms with Gasteiger partial charge in [-0.05, 0) is 30.9 Å². The summed E-state index contributed by atoms with van der Waals surface area (Å²) >= 11 is 1.41. The van der Waals surface area contributed by atoms with Gasteiger partial charge < -0.3 is 4.74 Å². The van der Waals surface area contributed by atoms with Crippen LogP contribution in [-0.2, 0) is 11.2 Å². The molecular weight excluding hydrogens is 298 g/mol. The lowest BCUT2D eigenvalue weighted by Crippen LogP contribution is -2.20. The number of aromatic nitrogens is 2. The molecule has 5 nitrogen and oxygen atoms in total. The summed E-state index contributed by atoms with van der Waals surface area (Å²) in [5, 5.41) is 12.2. The maximum Gasteiger partial charge on any atom is 0.264 e. The minimum absolute atomic E-state index is 0.0369. The van der Waals surface area contributed by atoms with Crippen LogP contribution in [0.15, 0.2) is 18.2 Å². The average Bonchev–Trinajstić information content (AvgIpc) is 2.84. The molecule has 0 spiro atoms. The second-order valence-corrected chi connectivity index (χ2v) is 6.72. The van der Waals surface area contributed by atoms with Gasteiger partial charge in [0.15, 0.2) is 6.61 Å². The van der Waals surface area contributed by atoms with Gasteiger partial charge in [0.1, 0.15) is 10.8 Å². The molecule has 1 N–H and O–H groups in total. The maximum atomic E-state index is 11.9. The maximum absolute atomic E-state index is 11.9. The van der Waals surface area contributed by atoms with E-state index in [0.717, 1.165) is 28.3 Å². The highest BCUT2D eigenvalue weighted by molar-refractivity contribution is 7.15. The standard InChI is InChI=1S/C16H21N3O2S/c1-10(2)8-14-18-19-16(22-14)17-13(20)9-21-15-11(3)6-5-7-12(15)4/h5-7,10H,8-9H2,1-4H3,(H,17,19,20). The predicted molar refractivity (Wildman–Crippen MR) is 88.5 cm³/mol. The third-order valence-electron chi connectivity index (χ3n) is 3.05. The topological polar surface area (TPSA) is 64.1 Å². The van der Waals surface area contributed by atoms with Crippen molar-refractivity contribution >= 4 is 22.4 Å². The molecule has 1 heterocycles. The van der Waals surface area contributed by atoms with Gasteiger partial charge in [-0.25, -0.2) is 0 Å². The van der Waals surface area contributed by atoms with E-state index in [1.807, 2.05) is 32.0 Å². The van der Waals surface area contributed by atoms with Gasteiger partial charge in [-0.2, -0.15) is 0 Å². The Hall–Kier alpha value is -1.95. The number of aryl methyl sites for hydroxylation is 2. The summed E-state index contributed by atoms with van der Waals surface area (Å²) in [7, 11) is 0. The number of nitrogens with one attached hydrogen (secondary N) is 1. The molecule has 118 valence electrons. The van der Waals surface area contributed by atoms with Crippen molar-refractivity contribution < 1.29 is 9.53 Å². The number of carbonyl (C=O) groups excluding carboxylic acids is 1. The first-order valence-corrected chi connectivity index (χ1v) is 8.08. The van der Waals surface area contributed by atoms with E-state index >= 15 is 0 Å². The lowest BCUT2D eigenvalue weighted by atomic mass is 10.1. The molecule has 6 heteroatoms. The first-order chi connectivity index (χ1) is 10.5. The lowest BCUT2D eigenvalue weighted by Gasteiger charge is -2.11. The van der Waals surface area contributed by atoms with E-state index in [0.29, 0.717) is 11.0 Å². The molecule has 1 amide bonds. The number of ether oxygens (including phenoxy) is 1. The first kappa shape index (κ1) is 16.4. The summed E-state index contributed by atoms with van der Waals surface area (Å²) in [6, 6.07) is 5.89. The molecule has 2 aromatic rings. The largest absolute Gasteiger partial charge is 0.483 e. The van der Waals surface area contributed by atoms with E-state index in [4.69, 9.17) is 4.74 Å². The van der Waals surface area contributed by atoms with Crippen molar-refractivity contribution in [2.75, 3.05) is 11.9 Å². The Morgan fingerprint density at radius 1 is 1.27 bits per heavy atom. The zero-order valence-corrected chi connectivity index (χ0v) is 14.2. The van der Waals surface area contributed by atoms with E-state index in [9.17, 15) is 4.79 Å². The fourth-order valence-corrected chi connectivity index (χ4v) is 3.02. The van der Waals surface area contributed by atoms with Crippen LogP contribution in [0.25, 0.3) is 0 Å². The summed E-state index contributed by atoms with van der Waals surface area (Å²) < 4.78 is 5.62. The molecule has 1 aromatic heterocycles. The van der Waals surface area contributed by atoms with Crippen LogP contribution in [0.5, 0.6) is 5.75 Å². The van der Waals surface area contributed by atoms with Crippen molar-refractivity contribution in [1.29, 1.82) is 0 Å². The number of nitrogens with zero attached hydrogens (tertiary/aromatic N) is 2. The Labute approximate surface area is 134 Å². The van der Waals surface area contributed by atoms with E-state index in [2.05, 4.69) is 29.4 Å². The highest BCUT2D eigenvalue weighted by Gasteiger charge is 2.11. The molecule has 0 aliphatic heterocycles. The van der Waals surface area contributed by atoms with Crippen molar-refractivity contribution in [1.82, 2.24) is 10.2 Å². The highest BCUT2D eigenvalue weighted by Crippen LogP contribution is 2.22. The second-order valence-electron chi connectivity index (χ2n) is 5.66. The molecule has 0 aliphatic carbocycles. The smallest absolute Gasteiger partial charge is 0.264 e. The van der Waals surface area contributed by atoms with E-state index in [1.54, 1.807) is 0 Å². The van der Waals surface area contributed by atoms with Gasteiger partial charge >= 0.3 is 0 Å². The van der Waals surface area contributed by atoms with Crippen LogP contribution < -0.4 is 10.1 Å². The van der Waals surface area contributed by atoms with Crippen LogP contribution in [0.3, 0.4) is 0 Å². The monoisotopic (exact) mass is 319 g/mol. The molecule has 0 fully saturated rings. The Kier molecular flexibility index (Phi) is 5.49. The van der Waals surface area contributed by atoms with Gasteiger partial charge in [-0.3, -0.25) is 10.1 Å². The summed E-state index contributed by atoms with van der Waals surface area (Å²) in [4.78, 5) is 11.9. The highest BCUT2D eigenvalue weighted by atomic mass is 32.1. The van der Waals surface area contributed by atoms with Crippen molar-refractivity contribution in [2.24, 2.45) is 5.92 Å². The summed E-state index contributed by atoms with van der Waals surface area (Å²) in [6.07, 6.45) is 0.868.